The predicted octanol–water partition coefficient (Wildman–Crippen LogP) is 5.96. The van der Waals surface area contributed by atoms with Crippen LogP contribution in [-0.2, 0) is 0 Å². The Morgan fingerprint density at radius 2 is 2.06 bits per heavy atom. The van der Waals surface area contributed by atoms with Gasteiger partial charge in [0.15, 0.2) is 0 Å². The lowest BCUT2D eigenvalue weighted by molar-refractivity contribution is 1.17. The summed E-state index contributed by atoms with van der Waals surface area (Å²) in [6.07, 6.45) is 0. The molecule has 84 valence electrons. The number of benzene rings is 1. The maximum Gasteiger partial charge on any atom is 0.0752 e. The molecule has 0 amide bonds. The topological polar surface area (TPSA) is 0 Å². The summed E-state index contributed by atoms with van der Waals surface area (Å²) >= 11 is 15.0. The minimum Gasteiger partial charge on any atom is -0.146 e. The van der Waals surface area contributed by atoms with Gasteiger partial charge in [0.25, 0.3) is 0 Å². The fourth-order valence-electron chi connectivity index (χ4n) is 1.51. The Bertz CT molecular complexity index is 507. The van der Waals surface area contributed by atoms with Crippen LogP contribution in [-0.4, -0.2) is 0 Å². The van der Waals surface area contributed by atoms with Gasteiger partial charge in [-0.2, -0.15) is 0 Å². The zero-order valence-corrected chi connectivity index (χ0v) is 13.3. The molecule has 1 aromatic carbocycles. The van der Waals surface area contributed by atoms with E-state index in [1.807, 2.05) is 18.2 Å². The molecule has 1 aromatic heterocycles. The fourth-order valence-corrected chi connectivity index (χ4v) is 4.66. The molecule has 0 nitrogen and oxygen atoms in total. The van der Waals surface area contributed by atoms with Crippen LogP contribution in [0.5, 0.6) is 0 Å². The molecule has 0 saturated heterocycles. The number of aryl methyl sites for hydroxylation is 1. The molecule has 4 heteroatoms. The number of thiophene rings is 1. The number of hydrogen-bond donors (Lipinski definition) is 0. The first kappa shape index (κ1) is 12.6. The van der Waals surface area contributed by atoms with Gasteiger partial charge in [0.1, 0.15) is 0 Å². The van der Waals surface area contributed by atoms with E-state index >= 15 is 0 Å². The summed E-state index contributed by atoms with van der Waals surface area (Å²) in [5.74, 6) is 0. The van der Waals surface area contributed by atoms with Crippen molar-refractivity contribution < 1.29 is 0 Å². The van der Waals surface area contributed by atoms with E-state index in [1.165, 1.54) is 16.0 Å². The molecule has 0 saturated carbocycles. The second-order valence-electron chi connectivity index (χ2n) is 3.50. The van der Waals surface area contributed by atoms with Gasteiger partial charge in [0.2, 0.25) is 0 Å². The van der Waals surface area contributed by atoms with Gasteiger partial charge in [0.05, 0.1) is 4.83 Å². The summed E-state index contributed by atoms with van der Waals surface area (Å²) in [5.41, 5.74) is 2.46. The molecular formula is C12H9Br2ClS. The van der Waals surface area contributed by atoms with Crippen molar-refractivity contribution in [3.63, 3.8) is 0 Å². The lowest BCUT2D eigenvalue weighted by Crippen LogP contribution is -1.94. The second kappa shape index (κ2) is 5.21. The standard InChI is InChI=1S/C12H9Br2ClS/c1-7-2-3-8(15)6-9(7)11(14)12-10(13)4-5-16-12/h2-6,11H,1H3. The van der Waals surface area contributed by atoms with Crippen molar-refractivity contribution in [2.75, 3.05) is 0 Å². The molecule has 16 heavy (non-hydrogen) atoms. The highest BCUT2D eigenvalue weighted by Crippen LogP contribution is 2.40. The monoisotopic (exact) mass is 378 g/mol. The maximum atomic E-state index is 6.03. The molecule has 2 rings (SSSR count). The summed E-state index contributed by atoms with van der Waals surface area (Å²) in [7, 11) is 0. The third-order valence-electron chi connectivity index (χ3n) is 2.39. The van der Waals surface area contributed by atoms with Crippen LogP contribution in [0.4, 0.5) is 0 Å². The summed E-state index contributed by atoms with van der Waals surface area (Å²) < 4.78 is 1.14. The van der Waals surface area contributed by atoms with Gasteiger partial charge in [-0.1, -0.05) is 33.6 Å². The molecule has 0 spiro atoms. The molecule has 1 heterocycles. The first-order valence-electron chi connectivity index (χ1n) is 4.72. The van der Waals surface area contributed by atoms with Crippen LogP contribution in [0.1, 0.15) is 20.8 Å². The van der Waals surface area contributed by atoms with Gasteiger partial charge in [-0.3, -0.25) is 0 Å². The van der Waals surface area contributed by atoms with E-state index in [0.717, 1.165) is 9.50 Å². The van der Waals surface area contributed by atoms with E-state index < -0.39 is 0 Å². The molecule has 1 unspecified atom stereocenters. The van der Waals surface area contributed by atoms with Crippen LogP contribution >= 0.6 is 54.8 Å². The van der Waals surface area contributed by atoms with Gasteiger partial charge < -0.3 is 0 Å². The Morgan fingerprint density at radius 3 is 2.69 bits per heavy atom. The Hall–Kier alpha value is 0.170. The van der Waals surface area contributed by atoms with E-state index in [4.69, 9.17) is 11.6 Å². The van der Waals surface area contributed by atoms with E-state index in [1.54, 1.807) is 11.3 Å². The normalized spacial score (nSPS) is 12.8. The summed E-state index contributed by atoms with van der Waals surface area (Å²) in [6.45, 7) is 2.10. The lowest BCUT2D eigenvalue weighted by atomic mass is 10.1. The molecule has 0 N–H and O–H groups in total. The van der Waals surface area contributed by atoms with Crippen molar-refractivity contribution in [2.24, 2.45) is 0 Å². The van der Waals surface area contributed by atoms with Crippen molar-refractivity contribution in [3.8, 4) is 0 Å². The molecule has 0 aliphatic carbocycles. The van der Waals surface area contributed by atoms with Crippen molar-refractivity contribution in [1.82, 2.24) is 0 Å². The van der Waals surface area contributed by atoms with Crippen LogP contribution < -0.4 is 0 Å². The molecule has 1 atom stereocenters. The molecule has 0 bridgehead atoms. The highest BCUT2D eigenvalue weighted by Gasteiger charge is 2.17. The number of halogens is 3. The maximum absolute atomic E-state index is 6.03. The van der Waals surface area contributed by atoms with Crippen LogP contribution in [0.3, 0.4) is 0 Å². The van der Waals surface area contributed by atoms with E-state index in [2.05, 4.69) is 50.2 Å². The van der Waals surface area contributed by atoms with Gasteiger partial charge in [-0.15, -0.1) is 11.3 Å². The lowest BCUT2D eigenvalue weighted by Gasteiger charge is -2.12. The third-order valence-corrected chi connectivity index (χ3v) is 5.81. The smallest absolute Gasteiger partial charge is 0.0752 e. The van der Waals surface area contributed by atoms with Crippen LogP contribution in [0.25, 0.3) is 0 Å². The molecule has 0 fully saturated rings. The first-order chi connectivity index (χ1) is 7.59. The number of alkyl halides is 1. The van der Waals surface area contributed by atoms with Crippen LogP contribution in [0.2, 0.25) is 5.02 Å². The largest absolute Gasteiger partial charge is 0.146 e. The summed E-state index contributed by atoms with van der Waals surface area (Å²) in [4.78, 5) is 1.46. The van der Waals surface area contributed by atoms with Crippen molar-refractivity contribution in [1.29, 1.82) is 0 Å². The molecule has 0 radical (unpaired) electrons. The van der Waals surface area contributed by atoms with Gasteiger partial charge in [-0.05, 0) is 57.6 Å². The van der Waals surface area contributed by atoms with Gasteiger partial charge in [-0.25, -0.2) is 0 Å². The van der Waals surface area contributed by atoms with Gasteiger partial charge >= 0.3 is 0 Å². The van der Waals surface area contributed by atoms with Crippen molar-refractivity contribution >= 4 is 54.8 Å². The van der Waals surface area contributed by atoms with E-state index in [0.29, 0.717) is 0 Å². The third kappa shape index (κ3) is 2.53. The number of rotatable bonds is 2. The first-order valence-corrected chi connectivity index (χ1v) is 7.69. The average molecular weight is 381 g/mol. The van der Waals surface area contributed by atoms with Crippen molar-refractivity contribution in [3.05, 3.63) is 55.1 Å². The SMILES string of the molecule is Cc1ccc(Cl)cc1C(Br)c1sccc1Br. The van der Waals surface area contributed by atoms with Crippen LogP contribution in [0.15, 0.2) is 34.1 Å². The summed E-state index contributed by atoms with van der Waals surface area (Å²) in [5, 5.41) is 2.85. The molecule has 2 aromatic rings. The van der Waals surface area contributed by atoms with Gasteiger partial charge in [0, 0.05) is 14.4 Å². The predicted molar refractivity (Wildman–Crippen MR) is 79.0 cm³/mol. The quantitative estimate of drug-likeness (QED) is 0.564. The highest BCUT2D eigenvalue weighted by molar-refractivity contribution is 9.11. The molecule has 0 aliphatic heterocycles. The Balaban J connectivity index is 2.45. The molecule has 0 aliphatic rings. The second-order valence-corrected chi connectivity index (χ2v) is 6.65. The Kier molecular flexibility index (Phi) is 4.11. The Labute approximate surface area is 121 Å². The zero-order chi connectivity index (χ0) is 11.7. The Morgan fingerprint density at radius 1 is 1.31 bits per heavy atom. The zero-order valence-electron chi connectivity index (χ0n) is 8.51. The number of hydrogen-bond acceptors (Lipinski definition) is 1. The average Bonchev–Trinajstić information content (AvgIpc) is 2.67. The minimum atomic E-state index is 0.195. The minimum absolute atomic E-state index is 0.195. The highest BCUT2D eigenvalue weighted by atomic mass is 79.9. The van der Waals surface area contributed by atoms with Crippen LogP contribution in [0, 0.1) is 6.92 Å². The molecular weight excluding hydrogens is 371 g/mol. The summed E-state index contributed by atoms with van der Waals surface area (Å²) in [6, 6.07) is 8.05. The van der Waals surface area contributed by atoms with Crippen molar-refractivity contribution in [2.45, 2.75) is 11.8 Å². The fraction of sp³-hybridized carbons (Fsp3) is 0.167. The van der Waals surface area contributed by atoms with E-state index in [-0.39, 0.29) is 4.83 Å². The van der Waals surface area contributed by atoms with E-state index in [9.17, 15) is 0 Å².